The standard InChI is InChI=1S/C12H15N3/c1-10(2)12(9-13)14-15(3)11-7-5-4-6-8-11/h4-8,10H,1-3H3/b14-12+. The van der Waals surface area contributed by atoms with Crippen molar-refractivity contribution in [1.82, 2.24) is 0 Å². The molecule has 1 aromatic rings. The largest absolute Gasteiger partial charge is 0.268 e. The van der Waals surface area contributed by atoms with Gasteiger partial charge in [0.05, 0.1) is 5.69 Å². The van der Waals surface area contributed by atoms with Crippen LogP contribution < -0.4 is 5.01 Å². The molecule has 1 aromatic carbocycles. The van der Waals surface area contributed by atoms with Crippen molar-refractivity contribution in [1.29, 1.82) is 5.26 Å². The third kappa shape index (κ3) is 3.10. The first-order chi connectivity index (χ1) is 7.15. The normalized spacial score (nSPS) is 11.3. The number of para-hydroxylation sites is 1. The summed E-state index contributed by atoms with van der Waals surface area (Å²) in [5, 5.41) is 14.9. The SMILES string of the molecule is CC(C)/C(C#N)=N/N(C)c1ccccc1. The van der Waals surface area contributed by atoms with E-state index in [4.69, 9.17) is 5.26 Å². The van der Waals surface area contributed by atoms with Crippen LogP contribution in [0.1, 0.15) is 13.8 Å². The van der Waals surface area contributed by atoms with Gasteiger partial charge in [-0.2, -0.15) is 10.4 Å². The lowest BCUT2D eigenvalue weighted by molar-refractivity contribution is 0.868. The number of rotatable bonds is 3. The van der Waals surface area contributed by atoms with E-state index in [0.29, 0.717) is 5.71 Å². The number of nitriles is 1. The summed E-state index contributed by atoms with van der Waals surface area (Å²) in [6, 6.07) is 11.9. The smallest absolute Gasteiger partial charge is 0.140 e. The minimum atomic E-state index is 0.154. The molecule has 0 unspecified atom stereocenters. The van der Waals surface area contributed by atoms with Crippen molar-refractivity contribution in [2.75, 3.05) is 12.1 Å². The molecule has 0 N–H and O–H groups in total. The number of hydrogen-bond donors (Lipinski definition) is 0. The number of anilines is 1. The third-order valence-electron chi connectivity index (χ3n) is 2.05. The Hall–Kier alpha value is -1.82. The molecule has 3 nitrogen and oxygen atoms in total. The molecular weight excluding hydrogens is 186 g/mol. The van der Waals surface area contributed by atoms with Crippen LogP contribution in [0.2, 0.25) is 0 Å². The van der Waals surface area contributed by atoms with Crippen LogP contribution >= 0.6 is 0 Å². The molecule has 0 aliphatic rings. The maximum Gasteiger partial charge on any atom is 0.140 e. The van der Waals surface area contributed by atoms with Gasteiger partial charge in [-0.15, -0.1) is 0 Å². The first-order valence-corrected chi connectivity index (χ1v) is 4.92. The average molecular weight is 201 g/mol. The van der Waals surface area contributed by atoms with Crippen LogP contribution in [-0.2, 0) is 0 Å². The van der Waals surface area contributed by atoms with Gasteiger partial charge in [-0.25, -0.2) is 0 Å². The maximum atomic E-state index is 8.88. The van der Waals surface area contributed by atoms with Crippen LogP contribution in [0.5, 0.6) is 0 Å². The average Bonchev–Trinajstić information content (AvgIpc) is 2.26. The lowest BCUT2D eigenvalue weighted by Crippen LogP contribution is -2.15. The predicted octanol–water partition coefficient (Wildman–Crippen LogP) is 2.66. The summed E-state index contributed by atoms with van der Waals surface area (Å²) in [6.07, 6.45) is 0. The van der Waals surface area contributed by atoms with Crippen molar-refractivity contribution in [3.8, 4) is 6.07 Å². The zero-order chi connectivity index (χ0) is 11.3. The summed E-state index contributed by atoms with van der Waals surface area (Å²) in [5.74, 6) is 0.154. The van der Waals surface area contributed by atoms with Crippen LogP contribution in [0.4, 0.5) is 5.69 Å². The molecule has 0 aromatic heterocycles. The number of hydrazone groups is 1. The van der Waals surface area contributed by atoms with Crippen molar-refractivity contribution in [2.24, 2.45) is 11.0 Å². The van der Waals surface area contributed by atoms with Gasteiger partial charge in [-0.1, -0.05) is 32.0 Å². The minimum absolute atomic E-state index is 0.154. The van der Waals surface area contributed by atoms with Crippen LogP contribution in [0.15, 0.2) is 35.4 Å². The van der Waals surface area contributed by atoms with Gasteiger partial charge in [0.1, 0.15) is 11.8 Å². The van der Waals surface area contributed by atoms with Gasteiger partial charge in [-0.3, -0.25) is 5.01 Å². The lowest BCUT2D eigenvalue weighted by atomic mass is 10.1. The lowest BCUT2D eigenvalue weighted by Gasteiger charge is -2.14. The molecule has 0 aliphatic heterocycles. The first-order valence-electron chi connectivity index (χ1n) is 4.92. The van der Waals surface area contributed by atoms with Crippen molar-refractivity contribution >= 4 is 11.4 Å². The molecule has 15 heavy (non-hydrogen) atoms. The van der Waals surface area contributed by atoms with E-state index in [-0.39, 0.29) is 5.92 Å². The fourth-order valence-electron chi connectivity index (χ4n) is 1.13. The molecule has 0 heterocycles. The van der Waals surface area contributed by atoms with Crippen molar-refractivity contribution in [3.05, 3.63) is 30.3 Å². The van der Waals surface area contributed by atoms with Crippen LogP contribution in [-0.4, -0.2) is 12.8 Å². The Labute approximate surface area is 90.6 Å². The molecule has 1 rings (SSSR count). The Morgan fingerprint density at radius 3 is 2.40 bits per heavy atom. The molecule has 78 valence electrons. The van der Waals surface area contributed by atoms with E-state index < -0.39 is 0 Å². The van der Waals surface area contributed by atoms with E-state index in [1.165, 1.54) is 0 Å². The van der Waals surface area contributed by atoms with Gasteiger partial charge in [0, 0.05) is 13.0 Å². The fraction of sp³-hybridized carbons (Fsp3) is 0.333. The Morgan fingerprint density at radius 1 is 1.33 bits per heavy atom. The van der Waals surface area contributed by atoms with Gasteiger partial charge in [-0.05, 0) is 12.1 Å². The monoisotopic (exact) mass is 201 g/mol. The summed E-state index contributed by atoms with van der Waals surface area (Å²) in [7, 11) is 1.84. The van der Waals surface area contributed by atoms with Crippen LogP contribution in [0.3, 0.4) is 0 Å². The Kier molecular flexibility index (Phi) is 3.87. The third-order valence-corrected chi connectivity index (χ3v) is 2.05. The molecule has 0 amide bonds. The molecule has 0 fully saturated rings. The van der Waals surface area contributed by atoms with E-state index in [9.17, 15) is 0 Å². The molecule has 0 radical (unpaired) electrons. The van der Waals surface area contributed by atoms with Crippen LogP contribution in [0.25, 0.3) is 0 Å². The van der Waals surface area contributed by atoms with E-state index in [0.717, 1.165) is 5.69 Å². The zero-order valence-corrected chi connectivity index (χ0v) is 9.31. The minimum Gasteiger partial charge on any atom is -0.268 e. The second kappa shape index (κ2) is 5.16. The predicted molar refractivity (Wildman–Crippen MR) is 62.7 cm³/mol. The van der Waals surface area contributed by atoms with Crippen molar-refractivity contribution in [2.45, 2.75) is 13.8 Å². The highest BCUT2D eigenvalue weighted by atomic mass is 15.4. The summed E-state index contributed by atoms with van der Waals surface area (Å²) in [6.45, 7) is 3.92. The molecule has 0 saturated carbocycles. The molecule has 0 aliphatic carbocycles. The summed E-state index contributed by atoms with van der Waals surface area (Å²) < 4.78 is 0. The topological polar surface area (TPSA) is 39.4 Å². The highest BCUT2D eigenvalue weighted by Gasteiger charge is 2.05. The Morgan fingerprint density at radius 2 is 1.93 bits per heavy atom. The highest BCUT2D eigenvalue weighted by molar-refractivity contribution is 6.00. The molecule has 0 atom stereocenters. The van der Waals surface area contributed by atoms with Crippen molar-refractivity contribution < 1.29 is 0 Å². The van der Waals surface area contributed by atoms with Gasteiger partial charge in [0.25, 0.3) is 0 Å². The second-order valence-electron chi connectivity index (χ2n) is 3.61. The molecular formula is C12H15N3. The van der Waals surface area contributed by atoms with E-state index in [1.807, 2.05) is 51.2 Å². The number of nitrogens with zero attached hydrogens (tertiary/aromatic N) is 3. The van der Waals surface area contributed by atoms with E-state index >= 15 is 0 Å². The second-order valence-corrected chi connectivity index (χ2v) is 3.61. The Balaban J connectivity index is 2.88. The van der Waals surface area contributed by atoms with E-state index in [2.05, 4.69) is 11.2 Å². The van der Waals surface area contributed by atoms with E-state index in [1.54, 1.807) is 5.01 Å². The number of benzene rings is 1. The molecule has 0 bridgehead atoms. The molecule has 0 saturated heterocycles. The fourth-order valence-corrected chi connectivity index (χ4v) is 1.13. The number of hydrogen-bond acceptors (Lipinski definition) is 3. The summed E-state index contributed by atoms with van der Waals surface area (Å²) >= 11 is 0. The maximum absolute atomic E-state index is 8.88. The quantitative estimate of drug-likeness (QED) is 0.557. The first kappa shape index (κ1) is 11.3. The molecule has 3 heteroatoms. The highest BCUT2D eigenvalue weighted by Crippen LogP contribution is 2.12. The van der Waals surface area contributed by atoms with Gasteiger partial charge < -0.3 is 0 Å². The van der Waals surface area contributed by atoms with Gasteiger partial charge in [0.2, 0.25) is 0 Å². The van der Waals surface area contributed by atoms with Gasteiger partial charge in [0.15, 0.2) is 0 Å². The van der Waals surface area contributed by atoms with Crippen LogP contribution in [0, 0.1) is 17.2 Å². The molecule has 0 spiro atoms. The van der Waals surface area contributed by atoms with Crippen molar-refractivity contribution in [3.63, 3.8) is 0 Å². The Bertz CT molecular complexity index is 374. The zero-order valence-electron chi connectivity index (χ0n) is 9.31. The van der Waals surface area contributed by atoms with Gasteiger partial charge >= 0.3 is 0 Å². The summed E-state index contributed by atoms with van der Waals surface area (Å²) in [5.41, 5.74) is 1.52. The summed E-state index contributed by atoms with van der Waals surface area (Å²) in [4.78, 5) is 0.